The number of methoxy groups -OCH3 is 2. The third-order valence-electron chi connectivity index (χ3n) is 11.5. The molecule has 0 amide bonds. The third-order valence-corrected chi connectivity index (χ3v) is 11.5. The van der Waals surface area contributed by atoms with Crippen LogP contribution in [0.15, 0.2) is 24.3 Å². The smallest absolute Gasteiger partial charge is 0.353 e. The Bertz CT molecular complexity index is 1230. The summed E-state index contributed by atoms with van der Waals surface area (Å²) in [6.45, 7) is 3.62. The lowest BCUT2D eigenvalue weighted by Gasteiger charge is -2.49. The second-order valence-corrected chi connectivity index (χ2v) is 14.3. The topological polar surface area (TPSA) is 145 Å². The summed E-state index contributed by atoms with van der Waals surface area (Å²) in [7, 11) is 3.21. The van der Waals surface area contributed by atoms with Gasteiger partial charge in [-0.2, -0.15) is 9.78 Å². The lowest BCUT2D eigenvalue weighted by Crippen LogP contribution is -2.60. The Labute approximate surface area is 279 Å². The lowest BCUT2D eigenvalue weighted by molar-refractivity contribution is -0.555. The average Bonchev–Trinajstić information content (AvgIpc) is 3.41. The maximum Gasteiger partial charge on any atom is 0.373 e. The molecule has 0 radical (unpaired) electrons. The molecular weight excluding hydrogens is 632 g/mol. The summed E-state index contributed by atoms with van der Waals surface area (Å²) in [5.74, 6) is -3.97. The minimum Gasteiger partial charge on any atom is -0.353 e. The highest BCUT2D eigenvalue weighted by Gasteiger charge is 2.64. The van der Waals surface area contributed by atoms with Crippen LogP contribution in [0.4, 0.5) is 0 Å². The number of ether oxygens (including phenoxy) is 4. The highest BCUT2D eigenvalue weighted by atomic mass is 17.3. The van der Waals surface area contributed by atoms with Gasteiger partial charge in [-0.15, -0.1) is 0 Å². The molecule has 1 aromatic carbocycles. The van der Waals surface area contributed by atoms with Crippen molar-refractivity contribution in [3.8, 4) is 0 Å². The maximum absolute atomic E-state index is 12.8. The second kappa shape index (κ2) is 13.5. The Kier molecular flexibility index (Phi) is 9.61. The first kappa shape index (κ1) is 34.2. The summed E-state index contributed by atoms with van der Waals surface area (Å²) < 4.78 is 23.9. The Hall–Kier alpha value is -2.24. The largest absolute Gasteiger partial charge is 0.373 e. The van der Waals surface area contributed by atoms with Crippen molar-refractivity contribution in [2.24, 2.45) is 23.7 Å². The predicted octanol–water partition coefficient (Wildman–Crippen LogP) is 5.10. The Balaban J connectivity index is 0.899. The van der Waals surface area contributed by atoms with Crippen molar-refractivity contribution in [3.05, 3.63) is 35.4 Å². The van der Waals surface area contributed by atoms with Crippen molar-refractivity contribution in [2.75, 3.05) is 27.4 Å². The van der Waals surface area contributed by atoms with Crippen LogP contribution in [-0.2, 0) is 58.0 Å². The summed E-state index contributed by atoms with van der Waals surface area (Å²) in [5, 5.41) is 0. The number of benzene rings is 1. The molecule has 6 aliphatic heterocycles. The van der Waals surface area contributed by atoms with Crippen LogP contribution in [0, 0.1) is 23.7 Å². The first-order chi connectivity index (χ1) is 23.1. The van der Waals surface area contributed by atoms with E-state index in [-0.39, 0.29) is 48.0 Å². The van der Waals surface area contributed by atoms with Crippen molar-refractivity contribution in [1.82, 2.24) is 0 Å². The molecule has 10 atom stereocenters. The molecule has 8 aliphatic rings. The Morgan fingerprint density at radius 3 is 1.48 bits per heavy atom. The molecule has 2 saturated carbocycles. The first-order valence-corrected chi connectivity index (χ1v) is 17.1. The van der Waals surface area contributed by atoms with Crippen LogP contribution >= 0.6 is 0 Å². The third kappa shape index (κ3) is 5.97. The lowest BCUT2D eigenvalue weighted by atomic mass is 9.71. The zero-order valence-corrected chi connectivity index (χ0v) is 28.0. The van der Waals surface area contributed by atoms with Gasteiger partial charge in [-0.3, -0.25) is 9.78 Å². The molecular formula is C34H46O14. The van der Waals surface area contributed by atoms with Gasteiger partial charge in [0.1, 0.15) is 13.2 Å². The number of hydrogen-bond donors (Lipinski definition) is 0. The van der Waals surface area contributed by atoms with Crippen LogP contribution in [0.5, 0.6) is 0 Å². The predicted molar refractivity (Wildman–Crippen MR) is 160 cm³/mol. The van der Waals surface area contributed by atoms with Crippen LogP contribution in [-0.4, -0.2) is 74.7 Å². The molecule has 9 rings (SSSR count). The van der Waals surface area contributed by atoms with Crippen LogP contribution < -0.4 is 0 Å². The zero-order valence-electron chi connectivity index (χ0n) is 28.0. The molecule has 0 unspecified atom stereocenters. The fourth-order valence-electron chi connectivity index (χ4n) is 8.57. The number of carbonyl (C=O) groups excluding carboxylic acids is 2. The van der Waals surface area contributed by atoms with Gasteiger partial charge in [0.25, 0.3) is 0 Å². The van der Waals surface area contributed by atoms with Gasteiger partial charge in [-0.25, -0.2) is 29.1 Å². The number of hydrogen-bond acceptors (Lipinski definition) is 14. The van der Waals surface area contributed by atoms with E-state index in [0.29, 0.717) is 12.8 Å². The molecule has 6 saturated heterocycles. The van der Waals surface area contributed by atoms with E-state index >= 15 is 0 Å². The van der Waals surface area contributed by atoms with Crippen molar-refractivity contribution in [3.63, 3.8) is 0 Å². The normalized spacial score (nSPS) is 41.8. The molecule has 6 heterocycles. The Morgan fingerprint density at radius 2 is 1.08 bits per heavy atom. The summed E-state index contributed by atoms with van der Waals surface area (Å²) in [6, 6.07) is 5.79. The van der Waals surface area contributed by atoms with Gasteiger partial charge in [0.15, 0.2) is 23.8 Å². The van der Waals surface area contributed by atoms with Gasteiger partial charge >= 0.3 is 11.9 Å². The highest BCUT2D eigenvalue weighted by Crippen LogP contribution is 2.55. The minimum absolute atomic E-state index is 0.0342. The summed E-state index contributed by atoms with van der Waals surface area (Å²) in [6.07, 6.45) is 7.89. The van der Waals surface area contributed by atoms with Crippen molar-refractivity contribution in [2.45, 2.75) is 113 Å². The van der Waals surface area contributed by atoms with Gasteiger partial charge in [0.05, 0.1) is 11.1 Å². The second-order valence-electron chi connectivity index (χ2n) is 14.3. The van der Waals surface area contributed by atoms with E-state index in [9.17, 15) is 9.59 Å². The van der Waals surface area contributed by atoms with Crippen LogP contribution in [0.2, 0.25) is 0 Å². The molecule has 0 N–H and O–H groups in total. The SMILES string of the molecule is CO[C@H]1O[C@@]2(C)OO[C@]13CCCC[C@@H]3C[C@@H]2COOC(=O)c1ccc(C(=O)OOC[C@H]2C[C@H]3CCCC[C@]34OO[C@]2(C)O[C@@H]4OC)cc1. The quantitative estimate of drug-likeness (QED) is 0.239. The molecule has 14 heteroatoms. The molecule has 48 heavy (non-hydrogen) atoms. The van der Waals surface area contributed by atoms with E-state index in [1.807, 2.05) is 0 Å². The highest BCUT2D eigenvalue weighted by molar-refractivity contribution is 5.92. The fourth-order valence-corrected chi connectivity index (χ4v) is 8.57. The number of rotatable bonds is 10. The van der Waals surface area contributed by atoms with Crippen molar-refractivity contribution >= 4 is 11.9 Å². The first-order valence-electron chi connectivity index (χ1n) is 17.1. The van der Waals surface area contributed by atoms with E-state index in [0.717, 1.165) is 51.4 Å². The standard InChI is InChI=1S/C34H46O14/c1-31-25(17-23-9-5-7-15-33(23,47-45-31)29(37-3)41-31)19-39-43-27(35)21-11-13-22(14-12-21)28(36)44-40-20-26-18-24-10-6-8-16-34(24)30(38-4)42-32(26,2)46-48-34/h11-14,23-26,29-30H,5-10,15-20H2,1-4H3/t23-,24-,25-,26-,29+,30+,31+,32+,33+,34+/m1/s1. The fraction of sp³-hybridized carbons (Fsp3) is 0.765. The van der Waals surface area contributed by atoms with Gasteiger partial charge in [0, 0.05) is 26.1 Å². The monoisotopic (exact) mass is 678 g/mol. The number of fused-ring (bicyclic) bond motifs is 6. The van der Waals surface area contributed by atoms with Crippen LogP contribution in [0.1, 0.15) is 98.8 Å². The van der Waals surface area contributed by atoms with E-state index in [1.54, 1.807) is 28.1 Å². The van der Waals surface area contributed by atoms with E-state index in [1.165, 1.54) is 24.3 Å². The summed E-state index contributed by atoms with van der Waals surface area (Å²) in [5.41, 5.74) is -0.953. The van der Waals surface area contributed by atoms with Crippen molar-refractivity contribution < 1.29 is 67.6 Å². The van der Waals surface area contributed by atoms with Gasteiger partial charge in [0.2, 0.25) is 11.6 Å². The minimum atomic E-state index is -1.13. The van der Waals surface area contributed by atoms with Gasteiger partial charge < -0.3 is 18.9 Å². The molecule has 1 aromatic rings. The van der Waals surface area contributed by atoms with Crippen LogP contribution in [0.25, 0.3) is 0 Å². The van der Waals surface area contributed by atoms with Gasteiger partial charge in [-0.05, 0) is 88.5 Å². The molecule has 0 aromatic heterocycles. The zero-order chi connectivity index (χ0) is 33.6. The molecule has 2 spiro atoms. The van der Waals surface area contributed by atoms with Crippen molar-refractivity contribution in [1.29, 1.82) is 0 Å². The molecule has 2 aliphatic carbocycles. The molecule has 266 valence electrons. The van der Waals surface area contributed by atoms with Crippen LogP contribution in [0.3, 0.4) is 0 Å². The molecule has 4 bridgehead atoms. The summed E-state index contributed by atoms with van der Waals surface area (Å²) in [4.78, 5) is 70.2. The molecule has 8 fully saturated rings. The van der Waals surface area contributed by atoms with E-state index < -0.39 is 47.3 Å². The van der Waals surface area contributed by atoms with E-state index in [2.05, 4.69) is 0 Å². The van der Waals surface area contributed by atoms with Gasteiger partial charge in [-0.1, -0.05) is 25.7 Å². The molecule has 14 nitrogen and oxygen atoms in total. The number of carbonyl (C=O) groups is 2. The summed E-state index contributed by atoms with van der Waals surface area (Å²) >= 11 is 0. The Morgan fingerprint density at radius 1 is 0.667 bits per heavy atom. The maximum atomic E-state index is 12.8. The van der Waals surface area contributed by atoms with E-state index in [4.69, 9.17) is 58.0 Å². The average molecular weight is 679 g/mol.